The molecule has 3 heteroatoms. The van der Waals surface area contributed by atoms with Crippen molar-refractivity contribution in [2.45, 2.75) is 13.3 Å². The van der Waals surface area contributed by atoms with E-state index in [9.17, 15) is 4.79 Å². The molecule has 0 aliphatic carbocycles. The van der Waals surface area contributed by atoms with Gasteiger partial charge in [-0.1, -0.05) is 13.0 Å². The fourth-order valence-electron chi connectivity index (χ4n) is 1.34. The molecule has 3 nitrogen and oxygen atoms in total. The van der Waals surface area contributed by atoms with Gasteiger partial charge in [0, 0.05) is 17.3 Å². The maximum absolute atomic E-state index is 11.4. The van der Waals surface area contributed by atoms with Crippen molar-refractivity contribution in [2.75, 3.05) is 0 Å². The lowest BCUT2D eigenvalue weighted by Crippen LogP contribution is -2.09. The van der Waals surface area contributed by atoms with Gasteiger partial charge in [0.15, 0.2) is 0 Å². The van der Waals surface area contributed by atoms with E-state index >= 15 is 0 Å². The fraction of sp³-hybridized carbons (Fsp3) is 0.200. The Morgan fingerprint density at radius 2 is 2.38 bits per heavy atom. The van der Waals surface area contributed by atoms with Gasteiger partial charge in [-0.05, 0) is 18.6 Å². The van der Waals surface area contributed by atoms with Crippen LogP contribution < -0.4 is 5.56 Å². The van der Waals surface area contributed by atoms with Gasteiger partial charge in [0.05, 0.1) is 0 Å². The van der Waals surface area contributed by atoms with E-state index in [0.717, 1.165) is 17.5 Å². The summed E-state index contributed by atoms with van der Waals surface area (Å²) in [5, 5.41) is 0.906. The van der Waals surface area contributed by atoms with Gasteiger partial charge in [-0.25, -0.2) is 0 Å². The number of aromatic amines is 1. The first kappa shape index (κ1) is 7.98. The predicted octanol–water partition coefficient (Wildman–Crippen LogP) is 1.49. The lowest BCUT2D eigenvalue weighted by molar-refractivity contribution is 1.02. The van der Waals surface area contributed by atoms with Gasteiger partial charge in [0.1, 0.15) is 5.52 Å². The Bertz CT molecular complexity index is 487. The number of nitrogens with one attached hydrogen (secondary N) is 1. The van der Waals surface area contributed by atoms with Crippen LogP contribution in [0, 0.1) is 0 Å². The Kier molecular flexibility index (Phi) is 1.85. The molecule has 0 saturated carbocycles. The second-order valence-electron chi connectivity index (χ2n) is 2.92. The summed E-state index contributed by atoms with van der Waals surface area (Å²) in [5.74, 6) is 0. The van der Waals surface area contributed by atoms with Crippen molar-refractivity contribution in [1.82, 2.24) is 9.97 Å². The molecule has 2 heterocycles. The zero-order chi connectivity index (χ0) is 9.26. The smallest absolute Gasteiger partial charge is 0.274 e. The fourth-order valence-corrected chi connectivity index (χ4v) is 1.34. The van der Waals surface area contributed by atoms with E-state index in [2.05, 4.69) is 9.97 Å². The summed E-state index contributed by atoms with van der Waals surface area (Å²) in [6, 6.07) is 5.70. The Labute approximate surface area is 75.4 Å². The van der Waals surface area contributed by atoms with Gasteiger partial charge in [-0.3, -0.25) is 9.78 Å². The summed E-state index contributed by atoms with van der Waals surface area (Å²) < 4.78 is 0. The van der Waals surface area contributed by atoms with Crippen LogP contribution in [0.3, 0.4) is 0 Å². The Morgan fingerprint density at radius 1 is 1.54 bits per heavy atom. The highest BCUT2D eigenvalue weighted by Gasteiger charge is 1.99. The highest BCUT2D eigenvalue weighted by Crippen LogP contribution is 2.06. The average molecular weight is 174 g/mol. The molecule has 0 spiro atoms. The summed E-state index contributed by atoms with van der Waals surface area (Å²) in [6.07, 6.45) is 2.46. The average Bonchev–Trinajstić information content (AvgIpc) is 2.18. The Morgan fingerprint density at radius 3 is 3.15 bits per heavy atom. The van der Waals surface area contributed by atoms with E-state index in [1.54, 1.807) is 6.20 Å². The molecule has 0 bridgehead atoms. The molecule has 66 valence electrons. The standard InChI is InChI=1S/C10H10N2O/c1-2-8-6-7-4-3-5-11-9(7)10(13)12-8/h3-6H,2H2,1H3,(H,12,13). The van der Waals surface area contributed by atoms with Crippen molar-refractivity contribution in [3.63, 3.8) is 0 Å². The number of hydrogen-bond acceptors (Lipinski definition) is 2. The number of H-pyrrole nitrogens is 1. The number of aromatic nitrogens is 2. The number of fused-ring (bicyclic) bond motifs is 1. The van der Waals surface area contributed by atoms with Crippen molar-refractivity contribution in [2.24, 2.45) is 0 Å². The van der Waals surface area contributed by atoms with E-state index in [0.29, 0.717) is 5.52 Å². The topological polar surface area (TPSA) is 45.8 Å². The van der Waals surface area contributed by atoms with Gasteiger partial charge in [-0.15, -0.1) is 0 Å². The predicted molar refractivity (Wildman–Crippen MR) is 51.7 cm³/mol. The van der Waals surface area contributed by atoms with E-state index in [-0.39, 0.29) is 5.56 Å². The van der Waals surface area contributed by atoms with Crippen LogP contribution in [0.2, 0.25) is 0 Å². The van der Waals surface area contributed by atoms with E-state index in [4.69, 9.17) is 0 Å². The molecule has 0 atom stereocenters. The summed E-state index contributed by atoms with van der Waals surface area (Å²) >= 11 is 0. The molecule has 0 saturated heterocycles. The molecular formula is C10H10N2O. The lowest BCUT2D eigenvalue weighted by Gasteiger charge is -1.98. The van der Waals surface area contributed by atoms with Crippen molar-refractivity contribution in [1.29, 1.82) is 0 Å². The van der Waals surface area contributed by atoms with Crippen molar-refractivity contribution in [3.05, 3.63) is 40.4 Å². The maximum atomic E-state index is 11.4. The monoisotopic (exact) mass is 174 g/mol. The van der Waals surface area contributed by atoms with Crippen LogP contribution in [-0.2, 0) is 6.42 Å². The van der Waals surface area contributed by atoms with Crippen LogP contribution in [0.5, 0.6) is 0 Å². The SMILES string of the molecule is CCc1cc2cccnc2c(=O)[nH]1. The molecule has 0 radical (unpaired) electrons. The van der Waals surface area contributed by atoms with Crippen LogP contribution in [0.4, 0.5) is 0 Å². The van der Waals surface area contributed by atoms with Gasteiger partial charge >= 0.3 is 0 Å². The second-order valence-corrected chi connectivity index (χ2v) is 2.92. The number of pyridine rings is 2. The van der Waals surface area contributed by atoms with Crippen LogP contribution in [0.15, 0.2) is 29.2 Å². The minimum Gasteiger partial charge on any atom is -0.324 e. The molecule has 2 rings (SSSR count). The third-order valence-electron chi connectivity index (χ3n) is 2.04. The first-order valence-electron chi connectivity index (χ1n) is 4.28. The summed E-state index contributed by atoms with van der Waals surface area (Å²) in [6.45, 7) is 2.01. The molecule has 0 fully saturated rings. The number of nitrogens with zero attached hydrogens (tertiary/aromatic N) is 1. The minimum absolute atomic E-state index is 0.102. The van der Waals surface area contributed by atoms with Crippen LogP contribution >= 0.6 is 0 Å². The molecule has 0 aliphatic rings. The Balaban J connectivity index is 2.85. The first-order chi connectivity index (χ1) is 6.31. The van der Waals surface area contributed by atoms with Crippen molar-refractivity contribution >= 4 is 10.9 Å². The van der Waals surface area contributed by atoms with Crippen molar-refractivity contribution in [3.8, 4) is 0 Å². The summed E-state index contributed by atoms with van der Waals surface area (Å²) in [4.78, 5) is 18.2. The quantitative estimate of drug-likeness (QED) is 0.711. The van der Waals surface area contributed by atoms with Crippen molar-refractivity contribution < 1.29 is 0 Å². The number of aryl methyl sites for hydroxylation is 1. The highest BCUT2D eigenvalue weighted by atomic mass is 16.1. The third-order valence-corrected chi connectivity index (χ3v) is 2.04. The summed E-state index contributed by atoms with van der Waals surface area (Å²) in [5.41, 5.74) is 1.36. The first-order valence-corrected chi connectivity index (χ1v) is 4.28. The lowest BCUT2D eigenvalue weighted by atomic mass is 10.2. The van der Waals surface area contributed by atoms with Gasteiger partial charge in [0.2, 0.25) is 0 Å². The van der Waals surface area contributed by atoms with Crippen LogP contribution in [0.1, 0.15) is 12.6 Å². The summed E-state index contributed by atoms with van der Waals surface area (Å²) in [7, 11) is 0. The van der Waals surface area contributed by atoms with E-state index < -0.39 is 0 Å². The molecule has 0 unspecified atom stereocenters. The number of rotatable bonds is 1. The van der Waals surface area contributed by atoms with Gasteiger partial charge in [-0.2, -0.15) is 0 Å². The third kappa shape index (κ3) is 1.33. The molecule has 0 amide bonds. The highest BCUT2D eigenvalue weighted by molar-refractivity contribution is 5.77. The Hall–Kier alpha value is -1.64. The normalized spacial score (nSPS) is 10.5. The maximum Gasteiger partial charge on any atom is 0.274 e. The molecule has 2 aromatic rings. The molecule has 1 N–H and O–H groups in total. The zero-order valence-electron chi connectivity index (χ0n) is 7.37. The van der Waals surface area contributed by atoms with Crippen LogP contribution in [-0.4, -0.2) is 9.97 Å². The molecule has 0 aromatic carbocycles. The van der Waals surface area contributed by atoms with E-state index in [1.807, 2.05) is 25.1 Å². The molecular weight excluding hydrogens is 164 g/mol. The van der Waals surface area contributed by atoms with Gasteiger partial charge in [0.25, 0.3) is 5.56 Å². The molecule has 0 aliphatic heterocycles. The molecule has 2 aromatic heterocycles. The zero-order valence-corrected chi connectivity index (χ0v) is 7.37. The van der Waals surface area contributed by atoms with Gasteiger partial charge < -0.3 is 4.98 Å². The minimum atomic E-state index is -0.102. The number of hydrogen-bond donors (Lipinski definition) is 1. The molecule has 13 heavy (non-hydrogen) atoms. The largest absolute Gasteiger partial charge is 0.324 e. The van der Waals surface area contributed by atoms with E-state index in [1.165, 1.54) is 0 Å². The van der Waals surface area contributed by atoms with Crippen LogP contribution in [0.25, 0.3) is 10.9 Å². The second kappa shape index (κ2) is 3.01.